The Kier molecular flexibility index (Phi) is 4.69. The lowest BCUT2D eigenvalue weighted by molar-refractivity contribution is -0.119. The van der Waals surface area contributed by atoms with Crippen molar-refractivity contribution in [3.8, 4) is 0 Å². The lowest BCUT2D eigenvalue weighted by atomic mass is 9.53. The number of allylic oxidation sites excluding steroid dienone is 2. The molecule has 1 N–H and O–H groups in total. The Morgan fingerprint density at radius 2 is 1.77 bits per heavy atom. The molecule has 0 heterocycles. The molecule has 3 saturated carbocycles. The summed E-state index contributed by atoms with van der Waals surface area (Å²) < 4.78 is 28.0. The average molecular weight is 423 g/mol. The minimum atomic E-state index is -3.86. The summed E-state index contributed by atoms with van der Waals surface area (Å²) in [6.45, 7) is 1.67. The number of hydrogen-bond donors (Lipinski definition) is 1. The van der Waals surface area contributed by atoms with Gasteiger partial charge in [0.2, 0.25) is 5.91 Å². The van der Waals surface area contributed by atoms with E-state index in [0.717, 1.165) is 17.7 Å². The van der Waals surface area contributed by atoms with Gasteiger partial charge in [-0.05, 0) is 85.8 Å². The quantitative estimate of drug-likeness (QED) is 0.765. The van der Waals surface area contributed by atoms with E-state index in [2.05, 4.69) is 5.32 Å². The highest BCUT2D eigenvalue weighted by molar-refractivity contribution is 7.92. The van der Waals surface area contributed by atoms with E-state index >= 15 is 0 Å². The number of fused-ring (bicyclic) bond motifs is 1. The number of sulfonamides is 1. The molecule has 7 rings (SSSR count). The first kappa shape index (κ1) is 19.4. The Bertz CT molecular complexity index is 1110. The summed E-state index contributed by atoms with van der Waals surface area (Å²) in [6, 6.07) is 15.6. The Morgan fingerprint density at radius 3 is 2.43 bits per heavy atom. The van der Waals surface area contributed by atoms with Crippen molar-refractivity contribution in [2.45, 2.75) is 37.5 Å². The summed E-state index contributed by atoms with van der Waals surface area (Å²) in [5.41, 5.74) is 3.93. The van der Waals surface area contributed by atoms with Crippen LogP contribution >= 0.6 is 0 Å². The van der Waals surface area contributed by atoms with Gasteiger partial charge < -0.3 is 5.32 Å². The molecular formula is C24H26N2O3S. The zero-order valence-corrected chi connectivity index (χ0v) is 17.9. The number of amides is 1. The van der Waals surface area contributed by atoms with E-state index in [0.29, 0.717) is 23.4 Å². The molecule has 156 valence electrons. The van der Waals surface area contributed by atoms with Crippen LogP contribution in [0.5, 0.6) is 0 Å². The zero-order valence-electron chi connectivity index (χ0n) is 17.0. The van der Waals surface area contributed by atoms with Gasteiger partial charge >= 0.3 is 0 Å². The van der Waals surface area contributed by atoms with E-state index < -0.39 is 10.0 Å². The molecule has 2 atom stereocenters. The van der Waals surface area contributed by atoms with Gasteiger partial charge in [-0.25, -0.2) is 8.42 Å². The summed E-state index contributed by atoms with van der Waals surface area (Å²) in [5.74, 6) is 1.67. The maximum absolute atomic E-state index is 13.4. The molecule has 5 aliphatic carbocycles. The highest BCUT2D eigenvalue weighted by Crippen LogP contribution is 2.58. The number of benzene rings is 2. The molecule has 0 aromatic heterocycles. The minimum absolute atomic E-state index is 0.180. The van der Waals surface area contributed by atoms with Crippen LogP contribution in [0.25, 0.3) is 0 Å². The van der Waals surface area contributed by atoms with Crippen LogP contribution in [0.4, 0.5) is 5.69 Å². The van der Waals surface area contributed by atoms with Crippen LogP contribution in [0, 0.1) is 24.7 Å². The normalized spacial score (nSPS) is 24.4. The molecule has 0 aliphatic heterocycles. The largest absolute Gasteiger partial charge is 0.328 e. The lowest BCUT2D eigenvalue weighted by Gasteiger charge is -2.53. The number of nitrogens with zero attached hydrogens (tertiary/aromatic N) is 1. The van der Waals surface area contributed by atoms with Crippen LogP contribution in [-0.4, -0.2) is 20.9 Å². The van der Waals surface area contributed by atoms with E-state index in [4.69, 9.17) is 0 Å². The summed E-state index contributed by atoms with van der Waals surface area (Å²) in [4.78, 5) is 13.2. The fraction of sp³-hybridized carbons (Fsp3) is 0.375. The molecule has 1 amide bonds. The third kappa shape index (κ3) is 3.33. The summed E-state index contributed by atoms with van der Waals surface area (Å²) in [5, 5.41) is 3.08. The second-order valence-electron chi connectivity index (χ2n) is 8.82. The molecule has 2 unspecified atom stereocenters. The van der Waals surface area contributed by atoms with Crippen molar-refractivity contribution in [3.05, 3.63) is 71.4 Å². The van der Waals surface area contributed by atoms with Gasteiger partial charge in [0, 0.05) is 5.70 Å². The van der Waals surface area contributed by atoms with Crippen molar-refractivity contribution < 1.29 is 13.2 Å². The summed E-state index contributed by atoms with van der Waals surface area (Å²) >= 11 is 0. The first-order valence-corrected chi connectivity index (χ1v) is 12.0. The minimum Gasteiger partial charge on any atom is -0.328 e. The van der Waals surface area contributed by atoms with Crippen LogP contribution in [0.1, 0.15) is 31.2 Å². The maximum Gasteiger partial charge on any atom is 0.264 e. The number of aryl methyl sites for hydroxylation is 1. The molecule has 30 heavy (non-hydrogen) atoms. The van der Waals surface area contributed by atoms with Crippen molar-refractivity contribution >= 4 is 21.6 Å². The number of anilines is 1. The number of carbonyl (C=O) groups is 1. The van der Waals surface area contributed by atoms with Crippen LogP contribution in [0.3, 0.4) is 0 Å². The summed E-state index contributed by atoms with van der Waals surface area (Å²) in [6.07, 6.45) is 4.68. The number of rotatable bonds is 6. The predicted octanol–water partition coefficient (Wildman–Crippen LogP) is 4.01. The first-order chi connectivity index (χ1) is 14.4. The Hall–Kier alpha value is -2.60. The van der Waals surface area contributed by atoms with Gasteiger partial charge in [0.05, 0.1) is 10.6 Å². The third-order valence-electron chi connectivity index (χ3n) is 6.72. The standard InChI is InChI=1S/C24H26N2O3S/c1-16-6-5-7-20(10-16)26(30(28,29)21-8-3-2-4-9-21)15-23(27)25-22-13-17-11-18-14-19(12-17)24(18)22/h2-10,17-19H,11-15H2,1H3,(H,25,27). The van der Waals surface area contributed by atoms with E-state index in [1.807, 2.05) is 19.1 Å². The van der Waals surface area contributed by atoms with Crippen LogP contribution < -0.4 is 9.62 Å². The highest BCUT2D eigenvalue weighted by Gasteiger charge is 2.48. The summed E-state index contributed by atoms with van der Waals surface area (Å²) in [7, 11) is -3.86. The molecule has 5 aliphatic rings. The van der Waals surface area contributed by atoms with Gasteiger partial charge in [-0.2, -0.15) is 0 Å². The molecule has 6 heteroatoms. The van der Waals surface area contributed by atoms with Crippen molar-refractivity contribution in [3.63, 3.8) is 0 Å². The smallest absolute Gasteiger partial charge is 0.264 e. The Labute approximate surface area is 177 Å². The second kappa shape index (κ2) is 7.27. The number of hydrogen-bond acceptors (Lipinski definition) is 3. The van der Waals surface area contributed by atoms with Gasteiger partial charge in [0.1, 0.15) is 6.54 Å². The first-order valence-electron chi connectivity index (χ1n) is 10.6. The average Bonchev–Trinajstić information content (AvgIpc) is 2.72. The lowest BCUT2D eigenvalue weighted by Crippen LogP contribution is -2.47. The van der Waals surface area contributed by atoms with Crippen molar-refractivity contribution in [1.82, 2.24) is 5.32 Å². The highest BCUT2D eigenvalue weighted by atomic mass is 32.2. The Balaban J connectivity index is 1.43. The van der Waals surface area contributed by atoms with Gasteiger partial charge in [0.15, 0.2) is 0 Å². The molecule has 0 spiro atoms. The molecule has 0 saturated heterocycles. The van der Waals surface area contributed by atoms with Crippen molar-refractivity contribution in [2.24, 2.45) is 17.8 Å². The molecule has 3 fully saturated rings. The Morgan fingerprint density at radius 1 is 1.03 bits per heavy atom. The van der Waals surface area contributed by atoms with Gasteiger partial charge in [-0.15, -0.1) is 0 Å². The predicted molar refractivity (Wildman–Crippen MR) is 116 cm³/mol. The monoisotopic (exact) mass is 422 g/mol. The maximum atomic E-state index is 13.4. The van der Waals surface area contributed by atoms with E-state index in [1.165, 1.54) is 29.1 Å². The van der Waals surface area contributed by atoms with E-state index in [1.54, 1.807) is 42.5 Å². The fourth-order valence-electron chi connectivity index (χ4n) is 5.46. The van der Waals surface area contributed by atoms with Crippen LogP contribution in [-0.2, 0) is 14.8 Å². The van der Waals surface area contributed by atoms with Crippen LogP contribution in [0.15, 0.2) is 70.8 Å². The van der Waals surface area contributed by atoms with Crippen LogP contribution in [0.2, 0.25) is 0 Å². The van der Waals surface area contributed by atoms with Gasteiger partial charge in [-0.3, -0.25) is 9.10 Å². The number of carbonyl (C=O) groups excluding carboxylic acids is 1. The molecule has 2 aromatic carbocycles. The SMILES string of the molecule is Cc1cccc(N(CC(=O)NC2=C3C4CC(C2)CC3C4)S(=O)(=O)c2ccccc2)c1. The topological polar surface area (TPSA) is 66.5 Å². The van der Waals surface area contributed by atoms with E-state index in [-0.39, 0.29) is 17.3 Å². The molecule has 5 nitrogen and oxygen atoms in total. The molecule has 0 radical (unpaired) electrons. The second-order valence-corrected chi connectivity index (χ2v) is 10.7. The van der Waals surface area contributed by atoms with Crippen molar-refractivity contribution in [1.29, 1.82) is 0 Å². The van der Waals surface area contributed by atoms with Crippen molar-refractivity contribution in [2.75, 3.05) is 10.8 Å². The zero-order chi connectivity index (χ0) is 20.9. The third-order valence-corrected chi connectivity index (χ3v) is 8.51. The van der Waals surface area contributed by atoms with Gasteiger partial charge in [-0.1, -0.05) is 30.3 Å². The van der Waals surface area contributed by atoms with E-state index in [9.17, 15) is 13.2 Å². The molecule has 2 aromatic rings. The molecular weight excluding hydrogens is 396 g/mol. The fourth-order valence-corrected chi connectivity index (χ4v) is 6.90. The molecule has 4 bridgehead atoms. The van der Waals surface area contributed by atoms with Gasteiger partial charge in [0.25, 0.3) is 10.0 Å². The number of nitrogens with one attached hydrogen (secondary N) is 1.